The van der Waals surface area contributed by atoms with E-state index in [0.29, 0.717) is 4.90 Å². The molecule has 0 N–H and O–H groups in total. The van der Waals surface area contributed by atoms with E-state index in [1.165, 1.54) is 11.9 Å². The summed E-state index contributed by atoms with van der Waals surface area (Å²) in [5, 5.41) is 0.902. The first-order chi connectivity index (χ1) is 17.2. The number of sulfone groups is 1. The monoisotopic (exact) mass is 502 g/mol. The summed E-state index contributed by atoms with van der Waals surface area (Å²) in [6.07, 6.45) is 3.47. The van der Waals surface area contributed by atoms with Crippen molar-refractivity contribution in [2.24, 2.45) is 0 Å². The SMILES string of the molecule is COc1c(-c2ccc(N3CC(C)O[C@H](C)C3)cc2)cnc2c(-c3ccc(S(C)(=O)=O)cc3)cccc12. The first kappa shape index (κ1) is 24.3. The van der Waals surface area contributed by atoms with Crippen molar-refractivity contribution in [1.82, 2.24) is 4.98 Å². The summed E-state index contributed by atoms with van der Waals surface area (Å²) in [6, 6.07) is 21.4. The van der Waals surface area contributed by atoms with Crippen LogP contribution in [0.25, 0.3) is 33.2 Å². The molecule has 6 nitrogen and oxygen atoms in total. The Bertz CT molecular complexity index is 1490. The summed E-state index contributed by atoms with van der Waals surface area (Å²) in [5.41, 5.74) is 5.75. The van der Waals surface area contributed by atoms with Crippen molar-refractivity contribution in [3.63, 3.8) is 0 Å². The van der Waals surface area contributed by atoms with Gasteiger partial charge in [0.1, 0.15) is 5.75 Å². The second-order valence-corrected chi connectivity index (χ2v) is 11.4. The van der Waals surface area contributed by atoms with E-state index in [1.54, 1.807) is 19.2 Å². The highest BCUT2D eigenvalue weighted by atomic mass is 32.2. The fraction of sp³-hybridized carbons (Fsp3) is 0.276. The molecule has 186 valence electrons. The number of ether oxygens (including phenoxy) is 2. The van der Waals surface area contributed by atoms with Crippen molar-refractivity contribution in [2.45, 2.75) is 31.0 Å². The van der Waals surface area contributed by atoms with Crippen LogP contribution in [0.3, 0.4) is 0 Å². The lowest BCUT2D eigenvalue weighted by Gasteiger charge is -2.36. The lowest BCUT2D eigenvalue weighted by Crippen LogP contribution is -2.45. The third-order valence-corrected chi connectivity index (χ3v) is 7.74. The van der Waals surface area contributed by atoms with Gasteiger partial charge >= 0.3 is 0 Å². The molecule has 0 saturated carbocycles. The Morgan fingerprint density at radius 1 is 0.889 bits per heavy atom. The molecule has 36 heavy (non-hydrogen) atoms. The fourth-order valence-corrected chi connectivity index (χ4v) is 5.61. The molecule has 1 fully saturated rings. The molecule has 1 unspecified atom stereocenters. The second-order valence-electron chi connectivity index (χ2n) is 9.41. The van der Waals surface area contributed by atoms with Gasteiger partial charge in [0, 0.05) is 47.7 Å². The van der Waals surface area contributed by atoms with Crippen LogP contribution in [-0.2, 0) is 14.6 Å². The molecule has 7 heteroatoms. The van der Waals surface area contributed by atoms with Crippen LogP contribution < -0.4 is 9.64 Å². The Hall–Kier alpha value is -3.42. The zero-order valence-electron chi connectivity index (χ0n) is 20.9. The average Bonchev–Trinajstić information content (AvgIpc) is 2.86. The number of aromatic nitrogens is 1. The molecule has 1 aliphatic heterocycles. The summed E-state index contributed by atoms with van der Waals surface area (Å²) in [7, 11) is -1.57. The van der Waals surface area contributed by atoms with E-state index in [9.17, 15) is 8.42 Å². The van der Waals surface area contributed by atoms with Crippen LogP contribution in [0.2, 0.25) is 0 Å². The van der Waals surface area contributed by atoms with Gasteiger partial charge in [-0.1, -0.05) is 36.4 Å². The van der Waals surface area contributed by atoms with Crippen molar-refractivity contribution in [3.8, 4) is 28.0 Å². The second kappa shape index (κ2) is 9.56. The lowest BCUT2D eigenvalue weighted by molar-refractivity contribution is -0.00521. The molecule has 1 aliphatic rings. The van der Waals surface area contributed by atoms with E-state index in [-0.39, 0.29) is 12.2 Å². The zero-order chi connectivity index (χ0) is 25.4. The van der Waals surface area contributed by atoms with E-state index >= 15 is 0 Å². The lowest BCUT2D eigenvalue weighted by atomic mass is 9.98. The van der Waals surface area contributed by atoms with Gasteiger partial charge in [-0.25, -0.2) is 8.42 Å². The van der Waals surface area contributed by atoms with Gasteiger partial charge in [-0.15, -0.1) is 0 Å². The molecule has 2 heterocycles. The highest BCUT2D eigenvalue weighted by Gasteiger charge is 2.22. The van der Waals surface area contributed by atoms with E-state index in [0.717, 1.165) is 52.0 Å². The minimum Gasteiger partial charge on any atom is -0.495 e. The van der Waals surface area contributed by atoms with Gasteiger partial charge in [0.25, 0.3) is 0 Å². The van der Waals surface area contributed by atoms with Crippen LogP contribution in [-0.4, -0.2) is 52.1 Å². The number of nitrogens with zero attached hydrogens (tertiary/aromatic N) is 2. The minimum absolute atomic E-state index is 0.204. The molecule has 4 aromatic rings. The van der Waals surface area contributed by atoms with Gasteiger partial charge in [-0.2, -0.15) is 0 Å². The number of fused-ring (bicyclic) bond motifs is 1. The van der Waals surface area contributed by atoms with Crippen LogP contribution in [0.1, 0.15) is 13.8 Å². The molecule has 0 amide bonds. The first-order valence-electron chi connectivity index (χ1n) is 12.0. The highest BCUT2D eigenvalue weighted by Crippen LogP contribution is 2.39. The van der Waals surface area contributed by atoms with Crippen LogP contribution in [0.15, 0.2) is 77.8 Å². The molecule has 5 rings (SSSR count). The Balaban J connectivity index is 1.52. The van der Waals surface area contributed by atoms with E-state index in [1.807, 2.05) is 36.5 Å². The Kier molecular flexibility index (Phi) is 6.45. The van der Waals surface area contributed by atoms with Crippen molar-refractivity contribution < 1.29 is 17.9 Å². The van der Waals surface area contributed by atoms with Gasteiger partial charge in [0.15, 0.2) is 9.84 Å². The van der Waals surface area contributed by atoms with Gasteiger partial charge in [0.2, 0.25) is 0 Å². The predicted molar refractivity (Wildman–Crippen MR) is 144 cm³/mol. The number of hydrogen-bond acceptors (Lipinski definition) is 6. The van der Waals surface area contributed by atoms with E-state index in [2.05, 4.69) is 43.0 Å². The molecular formula is C29H30N2O4S. The zero-order valence-corrected chi connectivity index (χ0v) is 21.7. The Labute approximate surface area is 212 Å². The number of para-hydroxylation sites is 1. The summed E-state index contributed by atoms with van der Waals surface area (Å²) >= 11 is 0. The fourth-order valence-electron chi connectivity index (χ4n) is 4.98. The molecule has 2 atom stereocenters. The molecule has 0 bridgehead atoms. The van der Waals surface area contributed by atoms with E-state index in [4.69, 9.17) is 14.5 Å². The van der Waals surface area contributed by atoms with Gasteiger partial charge in [-0.3, -0.25) is 4.98 Å². The summed E-state index contributed by atoms with van der Waals surface area (Å²) in [5.74, 6) is 0.760. The van der Waals surface area contributed by atoms with Crippen molar-refractivity contribution >= 4 is 26.4 Å². The topological polar surface area (TPSA) is 68.7 Å². The standard InChI is InChI=1S/C29H30N2O4S/c1-19-17-31(18-20(2)35-19)23-12-8-22(9-13-23)27-16-30-28-25(6-5-7-26(28)29(27)34-3)21-10-14-24(15-11-21)36(4,32)33/h5-16,19-20H,17-18H2,1-4H3/t19-,20?/m1/s1. The predicted octanol–water partition coefficient (Wildman–Crippen LogP) is 5.59. The molecule has 3 aromatic carbocycles. The van der Waals surface area contributed by atoms with Crippen molar-refractivity contribution in [1.29, 1.82) is 0 Å². The maximum Gasteiger partial charge on any atom is 0.175 e. The smallest absolute Gasteiger partial charge is 0.175 e. The minimum atomic E-state index is -3.25. The van der Waals surface area contributed by atoms with Crippen molar-refractivity contribution in [3.05, 3.63) is 72.9 Å². The average molecular weight is 503 g/mol. The number of anilines is 1. The third kappa shape index (κ3) is 4.68. The van der Waals surface area contributed by atoms with Crippen LogP contribution in [0.5, 0.6) is 5.75 Å². The number of methoxy groups -OCH3 is 1. The quantitative estimate of drug-likeness (QED) is 0.354. The normalized spacial score (nSPS) is 18.4. The maximum absolute atomic E-state index is 11.9. The number of hydrogen-bond donors (Lipinski definition) is 0. The summed E-state index contributed by atoms with van der Waals surface area (Å²) < 4.78 is 35.5. The van der Waals surface area contributed by atoms with E-state index < -0.39 is 9.84 Å². The largest absolute Gasteiger partial charge is 0.495 e. The van der Waals surface area contributed by atoms with Gasteiger partial charge < -0.3 is 14.4 Å². The number of benzene rings is 3. The Morgan fingerprint density at radius 3 is 2.11 bits per heavy atom. The van der Waals surface area contributed by atoms with Crippen LogP contribution in [0.4, 0.5) is 5.69 Å². The maximum atomic E-state index is 11.9. The Morgan fingerprint density at radius 2 is 1.50 bits per heavy atom. The van der Waals surface area contributed by atoms with Crippen LogP contribution in [0, 0.1) is 0 Å². The molecule has 0 spiro atoms. The summed E-state index contributed by atoms with van der Waals surface area (Å²) in [6.45, 7) is 5.96. The number of morpholine rings is 1. The number of pyridine rings is 1. The van der Waals surface area contributed by atoms with Crippen molar-refractivity contribution in [2.75, 3.05) is 31.4 Å². The third-order valence-electron chi connectivity index (χ3n) is 6.61. The molecule has 0 radical (unpaired) electrons. The number of rotatable bonds is 5. The van der Waals surface area contributed by atoms with Crippen LogP contribution >= 0.6 is 0 Å². The molecular weight excluding hydrogens is 472 g/mol. The first-order valence-corrected chi connectivity index (χ1v) is 13.9. The molecule has 1 aromatic heterocycles. The molecule has 0 aliphatic carbocycles. The summed E-state index contributed by atoms with van der Waals surface area (Å²) in [4.78, 5) is 7.48. The molecule has 1 saturated heterocycles. The highest BCUT2D eigenvalue weighted by molar-refractivity contribution is 7.90. The van der Waals surface area contributed by atoms with Gasteiger partial charge in [-0.05, 0) is 55.3 Å². The van der Waals surface area contributed by atoms with Gasteiger partial charge in [0.05, 0.1) is 29.7 Å².